The van der Waals surface area contributed by atoms with Crippen LogP contribution in [0.15, 0.2) is 217 Å². The second-order valence-corrected chi connectivity index (χ2v) is 15.2. The first-order valence-electron chi connectivity index (χ1n) is 19.2. The molecule has 7 aromatic rings. The molecule has 0 unspecified atom stereocenters. The molecule has 0 saturated carbocycles. The number of rotatable bonds is 11. The first-order chi connectivity index (χ1) is 27.6. The number of aliphatic imine (C=N–C) groups is 1. The molecule has 0 aliphatic heterocycles. The predicted octanol–water partition coefficient (Wildman–Crippen LogP) is 14.6. The van der Waals surface area contributed by atoms with Crippen molar-refractivity contribution in [3.05, 3.63) is 250 Å². The van der Waals surface area contributed by atoms with Gasteiger partial charge in [0.2, 0.25) is 0 Å². The maximum atomic E-state index is 5.36. The largest absolute Gasteiger partial charge is 0.256 e. The molecule has 1 heterocycles. The van der Waals surface area contributed by atoms with Crippen molar-refractivity contribution in [1.29, 1.82) is 0 Å². The van der Waals surface area contributed by atoms with Gasteiger partial charge in [-0.25, -0.2) is 0 Å². The molecule has 1 nitrogen and oxygen atoms in total. The van der Waals surface area contributed by atoms with Crippen LogP contribution in [0.5, 0.6) is 0 Å². The van der Waals surface area contributed by atoms with Crippen molar-refractivity contribution in [2.75, 3.05) is 0 Å². The van der Waals surface area contributed by atoms with Crippen molar-refractivity contribution in [3.8, 4) is 11.1 Å². The van der Waals surface area contributed by atoms with Crippen LogP contribution < -0.4 is 0 Å². The van der Waals surface area contributed by atoms with E-state index in [9.17, 15) is 0 Å². The molecule has 1 aromatic heterocycles. The van der Waals surface area contributed by atoms with Crippen LogP contribution in [0, 0.1) is 6.92 Å². The zero-order valence-corrected chi connectivity index (χ0v) is 32.4. The highest BCUT2D eigenvalue weighted by Crippen LogP contribution is 2.37. The fraction of sp³-hybridized carbons (Fsp3) is 0.0556. The van der Waals surface area contributed by atoms with Crippen molar-refractivity contribution >= 4 is 50.4 Å². The molecule has 0 amide bonds. The van der Waals surface area contributed by atoms with Crippen molar-refractivity contribution < 1.29 is 0 Å². The first-order valence-corrected chi connectivity index (χ1v) is 20.0. The van der Waals surface area contributed by atoms with Crippen LogP contribution in [0.25, 0.3) is 44.0 Å². The van der Waals surface area contributed by atoms with E-state index in [1.165, 1.54) is 59.5 Å². The van der Waals surface area contributed by atoms with Gasteiger partial charge in [-0.05, 0) is 99.2 Å². The Labute approximate surface area is 335 Å². The van der Waals surface area contributed by atoms with E-state index in [4.69, 9.17) is 4.99 Å². The van der Waals surface area contributed by atoms with E-state index in [1.54, 1.807) is 0 Å². The zero-order chi connectivity index (χ0) is 38.1. The summed E-state index contributed by atoms with van der Waals surface area (Å²) in [5.74, 6) is 0. The number of allylic oxidation sites excluding steroid dienone is 8. The summed E-state index contributed by atoms with van der Waals surface area (Å²) in [7, 11) is 0. The molecular weight excluding hydrogens is 695 g/mol. The summed E-state index contributed by atoms with van der Waals surface area (Å²) >= 11 is 1.83. The summed E-state index contributed by atoms with van der Waals surface area (Å²) in [4.78, 5) is 6.63. The van der Waals surface area contributed by atoms with Gasteiger partial charge in [-0.1, -0.05) is 189 Å². The Balaban J connectivity index is 1.19. The number of aryl methyl sites for hydroxylation is 1. The van der Waals surface area contributed by atoms with Crippen molar-refractivity contribution in [2.45, 2.75) is 19.8 Å². The van der Waals surface area contributed by atoms with Gasteiger partial charge in [0.15, 0.2) is 0 Å². The predicted molar refractivity (Wildman–Crippen MR) is 244 cm³/mol. The Hall–Kier alpha value is -6.61. The number of hydrogen-bond donors (Lipinski definition) is 0. The smallest absolute Gasteiger partial charge is 0.0662 e. The van der Waals surface area contributed by atoms with E-state index in [0.717, 1.165) is 40.8 Å². The van der Waals surface area contributed by atoms with Gasteiger partial charge in [-0.15, -0.1) is 11.3 Å². The summed E-state index contributed by atoms with van der Waals surface area (Å²) in [5.41, 5.74) is 15.1. The summed E-state index contributed by atoms with van der Waals surface area (Å²) < 4.78 is 1.24. The van der Waals surface area contributed by atoms with Crippen LogP contribution in [0.1, 0.15) is 44.7 Å². The molecule has 0 radical (unpaired) electrons. The fourth-order valence-electron chi connectivity index (χ4n) is 7.28. The minimum Gasteiger partial charge on any atom is -0.256 e. The normalized spacial score (nSPS) is 13.6. The zero-order valence-electron chi connectivity index (χ0n) is 31.6. The number of hydrogen-bond acceptors (Lipinski definition) is 2. The summed E-state index contributed by atoms with van der Waals surface area (Å²) in [6.45, 7) is 6.45. The van der Waals surface area contributed by atoms with Gasteiger partial charge in [-0.2, -0.15) is 0 Å². The van der Waals surface area contributed by atoms with Crippen molar-refractivity contribution in [1.82, 2.24) is 0 Å². The third kappa shape index (κ3) is 8.37. The molecule has 0 spiro atoms. The highest BCUT2D eigenvalue weighted by Gasteiger charge is 2.15. The van der Waals surface area contributed by atoms with Gasteiger partial charge in [0.1, 0.15) is 0 Å². The summed E-state index contributed by atoms with van der Waals surface area (Å²) in [6, 6.07) is 57.8. The fourth-order valence-corrected chi connectivity index (χ4v) is 8.35. The average molecular weight is 738 g/mol. The Morgan fingerprint density at radius 1 is 0.661 bits per heavy atom. The van der Waals surface area contributed by atoms with Crippen LogP contribution in [0.3, 0.4) is 0 Å². The van der Waals surface area contributed by atoms with Crippen LogP contribution in [0.4, 0.5) is 0 Å². The molecule has 0 bridgehead atoms. The molecule has 2 heteroatoms. The molecule has 8 rings (SSSR count). The lowest BCUT2D eigenvalue weighted by Crippen LogP contribution is -1.92. The lowest BCUT2D eigenvalue weighted by Gasteiger charge is -2.08. The molecule has 0 N–H and O–H groups in total. The number of nitrogens with zero attached hydrogens (tertiary/aromatic N) is 1. The average Bonchev–Trinajstić information content (AvgIpc) is 3.42. The lowest BCUT2D eigenvalue weighted by molar-refractivity contribution is 1.20. The molecule has 270 valence electrons. The van der Waals surface area contributed by atoms with Crippen LogP contribution in [-0.2, 0) is 6.42 Å². The van der Waals surface area contributed by atoms with E-state index in [-0.39, 0.29) is 0 Å². The van der Waals surface area contributed by atoms with Gasteiger partial charge in [0.05, 0.1) is 5.70 Å². The lowest BCUT2D eigenvalue weighted by atomic mass is 9.97. The Morgan fingerprint density at radius 2 is 1.29 bits per heavy atom. The van der Waals surface area contributed by atoms with Gasteiger partial charge < -0.3 is 0 Å². The number of benzene rings is 6. The minimum atomic E-state index is 0.778. The van der Waals surface area contributed by atoms with Gasteiger partial charge in [-0.3, -0.25) is 4.99 Å². The van der Waals surface area contributed by atoms with Crippen LogP contribution in [0.2, 0.25) is 0 Å². The molecule has 0 fully saturated rings. The number of fused-ring (bicyclic) bond motifs is 1. The van der Waals surface area contributed by atoms with E-state index in [1.807, 2.05) is 17.4 Å². The topological polar surface area (TPSA) is 12.4 Å². The SMILES string of the molecule is C=C/C(=C\c1c(C)sc2cccc(C=N/C(=C\Cc3ccccc3)C3=CCC(c4ccccc4)=CC(c4ccccc4)=C3)c12)c1ccc(-c2ccccc2)cc1. The van der Waals surface area contributed by atoms with E-state index < -0.39 is 0 Å². The van der Waals surface area contributed by atoms with Crippen LogP contribution >= 0.6 is 11.3 Å². The summed E-state index contributed by atoms with van der Waals surface area (Å²) in [5, 5.41) is 1.21. The minimum absolute atomic E-state index is 0.778. The maximum Gasteiger partial charge on any atom is 0.0662 e. The van der Waals surface area contributed by atoms with Crippen molar-refractivity contribution in [3.63, 3.8) is 0 Å². The number of thiophene rings is 1. The van der Waals surface area contributed by atoms with Gasteiger partial charge in [0, 0.05) is 26.7 Å². The standard InChI is InChI=1S/C54H43NS/c1-3-41(45-28-30-46(31-29-45)42-19-10-5-11-20-42)37-51-39(2)56-53-26-16-25-49(54(51)53)38-55-52(34-27-40-17-8-4-9-18-40)48-33-32-47(43-21-12-6-13-22-43)35-50(36-48)44-23-14-7-15-24-44/h3-26,28-31,33-38H,1,27,32H2,2H3/b41-37+,52-34-,55-38?. The first kappa shape index (κ1) is 36.4. The Bertz CT molecular complexity index is 2650. The highest BCUT2D eigenvalue weighted by molar-refractivity contribution is 7.19. The molecule has 1 aliphatic rings. The van der Waals surface area contributed by atoms with Crippen LogP contribution in [-0.4, -0.2) is 6.21 Å². The maximum absolute atomic E-state index is 5.36. The van der Waals surface area contributed by atoms with E-state index in [0.29, 0.717) is 0 Å². The second kappa shape index (κ2) is 17.2. The molecule has 0 saturated heterocycles. The monoisotopic (exact) mass is 737 g/mol. The van der Waals surface area contributed by atoms with Crippen molar-refractivity contribution in [2.24, 2.45) is 4.99 Å². The van der Waals surface area contributed by atoms with Gasteiger partial charge >= 0.3 is 0 Å². The second-order valence-electron chi connectivity index (χ2n) is 13.9. The molecule has 0 atom stereocenters. The van der Waals surface area contributed by atoms with E-state index >= 15 is 0 Å². The van der Waals surface area contributed by atoms with Gasteiger partial charge in [0.25, 0.3) is 0 Å². The summed E-state index contributed by atoms with van der Waals surface area (Å²) in [6.07, 6.45) is 17.2. The quantitative estimate of drug-likeness (QED) is 0.0926. The Morgan fingerprint density at radius 3 is 1.96 bits per heavy atom. The molecule has 1 aliphatic carbocycles. The highest BCUT2D eigenvalue weighted by atomic mass is 32.1. The molecule has 6 aromatic carbocycles. The third-order valence-corrected chi connectivity index (χ3v) is 11.3. The van der Waals surface area contributed by atoms with E-state index in [2.05, 4.69) is 214 Å². The molecule has 56 heavy (non-hydrogen) atoms. The Kier molecular flexibility index (Phi) is 11.2. The molecular formula is C54H43NS. The third-order valence-electron chi connectivity index (χ3n) is 10.3.